The Morgan fingerprint density at radius 2 is 2.22 bits per heavy atom. The second kappa shape index (κ2) is 5.44. The SMILES string of the molecule is CN(C)C(=O)Cn1c(CCl)nc2cc(I)ccc21. The fraction of sp³-hybridized carbons (Fsp3) is 0.333. The second-order valence-corrected chi connectivity index (χ2v) is 5.68. The highest BCUT2D eigenvalue weighted by atomic mass is 127. The molecule has 96 valence electrons. The first kappa shape index (κ1) is 13.6. The van der Waals surface area contributed by atoms with E-state index < -0.39 is 0 Å². The van der Waals surface area contributed by atoms with Gasteiger partial charge in [0.05, 0.1) is 16.9 Å². The topological polar surface area (TPSA) is 38.1 Å². The van der Waals surface area contributed by atoms with Crippen molar-refractivity contribution in [2.75, 3.05) is 14.1 Å². The van der Waals surface area contributed by atoms with Crippen molar-refractivity contribution >= 4 is 51.1 Å². The molecule has 0 atom stereocenters. The van der Waals surface area contributed by atoms with Gasteiger partial charge in [0.2, 0.25) is 5.91 Å². The van der Waals surface area contributed by atoms with Crippen LogP contribution in [0, 0.1) is 3.57 Å². The summed E-state index contributed by atoms with van der Waals surface area (Å²) in [6.45, 7) is 0.270. The lowest BCUT2D eigenvalue weighted by Gasteiger charge is -2.12. The van der Waals surface area contributed by atoms with Crippen molar-refractivity contribution in [1.82, 2.24) is 14.5 Å². The first-order chi connectivity index (χ1) is 8.52. The molecule has 0 bridgehead atoms. The van der Waals surface area contributed by atoms with Gasteiger partial charge in [0.15, 0.2) is 0 Å². The van der Waals surface area contributed by atoms with Crippen LogP contribution in [0.25, 0.3) is 11.0 Å². The number of fused-ring (bicyclic) bond motifs is 1. The quantitative estimate of drug-likeness (QED) is 0.609. The fourth-order valence-electron chi connectivity index (χ4n) is 1.71. The first-order valence-corrected chi connectivity index (χ1v) is 7.05. The van der Waals surface area contributed by atoms with Gasteiger partial charge in [-0.25, -0.2) is 4.98 Å². The Morgan fingerprint density at radius 3 is 2.83 bits per heavy atom. The number of carbonyl (C=O) groups excluding carboxylic acids is 1. The molecule has 0 fully saturated rings. The summed E-state index contributed by atoms with van der Waals surface area (Å²) in [6, 6.07) is 5.96. The van der Waals surface area contributed by atoms with Gasteiger partial charge < -0.3 is 9.47 Å². The molecule has 0 radical (unpaired) electrons. The minimum absolute atomic E-state index is 0.0271. The molecule has 0 spiro atoms. The van der Waals surface area contributed by atoms with Gasteiger partial charge >= 0.3 is 0 Å². The summed E-state index contributed by atoms with van der Waals surface area (Å²) >= 11 is 8.14. The number of halogens is 2. The van der Waals surface area contributed by atoms with Crippen molar-refractivity contribution in [2.45, 2.75) is 12.4 Å². The number of amides is 1. The molecule has 1 amide bonds. The van der Waals surface area contributed by atoms with Crippen molar-refractivity contribution in [3.8, 4) is 0 Å². The van der Waals surface area contributed by atoms with Crippen molar-refractivity contribution < 1.29 is 4.79 Å². The predicted molar refractivity (Wildman–Crippen MR) is 80.7 cm³/mol. The fourth-order valence-corrected chi connectivity index (χ4v) is 2.39. The number of alkyl halides is 1. The van der Waals surface area contributed by atoms with E-state index in [4.69, 9.17) is 11.6 Å². The summed E-state index contributed by atoms with van der Waals surface area (Å²) in [6.07, 6.45) is 0. The van der Waals surface area contributed by atoms with Crippen LogP contribution in [0.4, 0.5) is 0 Å². The van der Waals surface area contributed by atoms with Gasteiger partial charge in [-0.05, 0) is 40.8 Å². The summed E-state index contributed by atoms with van der Waals surface area (Å²) < 4.78 is 2.99. The van der Waals surface area contributed by atoms with E-state index in [1.54, 1.807) is 19.0 Å². The minimum atomic E-state index is 0.0271. The molecule has 2 aromatic rings. The van der Waals surface area contributed by atoms with E-state index in [9.17, 15) is 4.79 Å². The van der Waals surface area contributed by atoms with E-state index in [2.05, 4.69) is 27.6 Å². The zero-order valence-corrected chi connectivity index (χ0v) is 13.1. The number of carbonyl (C=O) groups is 1. The number of rotatable bonds is 3. The van der Waals surface area contributed by atoms with Crippen LogP contribution in [-0.4, -0.2) is 34.5 Å². The molecular weight excluding hydrogens is 365 g/mol. The van der Waals surface area contributed by atoms with Crippen molar-refractivity contribution in [1.29, 1.82) is 0 Å². The molecule has 1 heterocycles. The molecule has 0 unspecified atom stereocenters. The smallest absolute Gasteiger partial charge is 0.242 e. The largest absolute Gasteiger partial charge is 0.347 e. The van der Waals surface area contributed by atoms with Gasteiger partial charge in [-0.2, -0.15) is 0 Å². The Labute approximate surface area is 124 Å². The molecule has 1 aromatic carbocycles. The molecule has 1 aromatic heterocycles. The lowest BCUT2D eigenvalue weighted by atomic mass is 10.3. The number of aromatic nitrogens is 2. The van der Waals surface area contributed by atoms with E-state index in [1.165, 1.54) is 0 Å². The monoisotopic (exact) mass is 377 g/mol. The van der Waals surface area contributed by atoms with Crippen LogP contribution < -0.4 is 0 Å². The van der Waals surface area contributed by atoms with Gasteiger partial charge in [-0.3, -0.25) is 4.79 Å². The molecule has 0 N–H and O–H groups in total. The minimum Gasteiger partial charge on any atom is -0.347 e. The van der Waals surface area contributed by atoms with Gasteiger partial charge in [0, 0.05) is 17.7 Å². The molecular formula is C12H13ClIN3O. The summed E-state index contributed by atoms with van der Waals surface area (Å²) in [5.74, 6) is 1.05. The van der Waals surface area contributed by atoms with Crippen LogP contribution in [0.5, 0.6) is 0 Å². The van der Waals surface area contributed by atoms with E-state index in [-0.39, 0.29) is 12.5 Å². The Kier molecular flexibility index (Phi) is 4.11. The van der Waals surface area contributed by atoms with Gasteiger partial charge in [0.25, 0.3) is 0 Å². The molecule has 0 aliphatic carbocycles. The van der Waals surface area contributed by atoms with Crippen LogP contribution in [0.2, 0.25) is 0 Å². The van der Waals surface area contributed by atoms with E-state index in [0.717, 1.165) is 20.4 Å². The van der Waals surface area contributed by atoms with Crippen molar-refractivity contribution in [3.63, 3.8) is 0 Å². The normalized spacial score (nSPS) is 10.9. The molecule has 2 rings (SSSR count). The van der Waals surface area contributed by atoms with E-state index in [1.807, 2.05) is 22.8 Å². The summed E-state index contributed by atoms with van der Waals surface area (Å²) in [7, 11) is 3.48. The average molecular weight is 378 g/mol. The maximum atomic E-state index is 11.8. The van der Waals surface area contributed by atoms with E-state index >= 15 is 0 Å². The highest BCUT2D eigenvalue weighted by molar-refractivity contribution is 14.1. The third-order valence-electron chi connectivity index (χ3n) is 2.70. The average Bonchev–Trinajstić information content (AvgIpc) is 2.66. The predicted octanol–water partition coefficient (Wildman–Crippen LogP) is 2.47. The number of likely N-dealkylation sites (N-methyl/N-ethyl adjacent to an activating group) is 1. The summed E-state index contributed by atoms with van der Waals surface area (Å²) in [5, 5.41) is 0. The van der Waals surface area contributed by atoms with Crippen LogP contribution in [-0.2, 0) is 17.2 Å². The Balaban J connectivity index is 2.50. The molecule has 18 heavy (non-hydrogen) atoms. The lowest BCUT2D eigenvalue weighted by Crippen LogP contribution is -2.26. The standard InChI is InChI=1S/C12H13ClIN3O/c1-16(2)12(18)7-17-10-4-3-8(14)5-9(10)15-11(17)6-13/h3-5H,6-7H2,1-2H3. The Bertz CT molecular complexity index is 594. The van der Waals surface area contributed by atoms with Gasteiger partial charge in [0.1, 0.15) is 12.4 Å². The van der Waals surface area contributed by atoms with Crippen LogP contribution in [0.3, 0.4) is 0 Å². The van der Waals surface area contributed by atoms with Gasteiger partial charge in [-0.15, -0.1) is 11.6 Å². The summed E-state index contributed by atoms with van der Waals surface area (Å²) in [4.78, 5) is 17.8. The maximum absolute atomic E-state index is 11.8. The van der Waals surface area contributed by atoms with Crippen LogP contribution >= 0.6 is 34.2 Å². The molecule has 0 aliphatic rings. The number of hydrogen-bond acceptors (Lipinski definition) is 2. The number of imidazole rings is 1. The molecule has 0 aliphatic heterocycles. The molecule has 4 nitrogen and oxygen atoms in total. The molecule has 0 saturated carbocycles. The zero-order valence-electron chi connectivity index (χ0n) is 10.2. The first-order valence-electron chi connectivity index (χ1n) is 5.43. The molecule has 0 saturated heterocycles. The van der Waals surface area contributed by atoms with Crippen molar-refractivity contribution in [3.05, 3.63) is 27.6 Å². The molecule has 6 heteroatoms. The van der Waals surface area contributed by atoms with Crippen LogP contribution in [0.15, 0.2) is 18.2 Å². The highest BCUT2D eigenvalue weighted by Crippen LogP contribution is 2.20. The Morgan fingerprint density at radius 1 is 1.50 bits per heavy atom. The third kappa shape index (κ3) is 2.61. The van der Waals surface area contributed by atoms with E-state index in [0.29, 0.717) is 5.88 Å². The van der Waals surface area contributed by atoms with Crippen LogP contribution in [0.1, 0.15) is 5.82 Å². The second-order valence-electron chi connectivity index (χ2n) is 4.17. The maximum Gasteiger partial charge on any atom is 0.242 e. The zero-order chi connectivity index (χ0) is 13.3. The Hall–Kier alpha value is -0.820. The van der Waals surface area contributed by atoms with Crippen molar-refractivity contribution in [2.24, 2.45) is 0 Å². The lowest BCUT2D eigenvalue weighted by molar-refractivity contribution is -0.129. The number of hydrogen-bond donors (Lipinski definition) is 0. The summed E-state index contributed by atoms with van der Waals surface area (Å²) in [5.41, 5.74) is 1.82. The highest BCUT2D eigenvalue weighted by Gasteiger charge is 2.14. The number of benzene rings is 1. The third-order valence-corrected chi connectivity index (χ3v) is 3.61. The van der Waals surface area contributed by atoms with Gasteiger partial charge in [-0.1, -0.05) is 0 Å². The number of nitrogens with zero attached hydrogens (tertiary/aromatic N) is 3.